The van der Waals surface area contributed by atoms with Gasteiger partial charge in [-0.05, 0) is 33.2 Å². The minimum atomic E-state index is -2.83. The third-order valence-electron chi connectivity index (χ3n) is 3.39. The molecule has 1 atom stereocenters. The highest BCUT2D eigenvalue weighted by atomic mass is 32.2. The van der Waals surface area contributed by atoms with Crippen LogP contribution in [0.5, 0.6) is 0 Å². The third kappa shape index (κ3) is 4.11. The fourth-order valence-electron chi connectivity index (χ4n) is 2.08. The molecule has 0 aromatic heterocycles. The fourth-order valence-corrected chi connectivity index (χ4v) is 4.14. The van der Waals surface area contributed by atoms with Crippen LogP contribution in [0.4, 0.5) is 0 Å². The quantitative estimate of drug-likeness (QED) is 0.786. The van der Waals surface area contributed by atoms with Crippen LogP contribution in [0.2, 0.25) is 0 Å². The van der Waals surface area contributed by atoms with Gasteiger partial charge in [-0.25, -0.2) is 8.42 Å². The lowest BCUT2D eigenvalue weighted by Crippen LogP contribution is -2.30. The number of nitrogens with one attached hydrogen (secondary N) is 1. The van der Waals surface area contributed by atoms with E-state index >= 15 is 0 Å². The summed E-state index contributed by atoms with van der Waals surface area (Å²) in [6, 6.07) is 0.295. The van der Waals surface area contributed by atoms with Crippen molar-refractivity contribution in [1.82, 2.24) is 5.32 Å². The minimum absolute atomic E-state index is 0.0460. The molecule has 90 valence electrons. The van der Waals surface area contributed by atoms with Gasteiger partial charge in [0.25, 0.3) is 0 Å². The van der Waals surface area contributed by atoms with Gasteiger partial charge in [0.1, 0.15) is 0 Å². The summed E-state index contributed by atoms with van der Waals surface area (Å²) in [5, 5.41) is 3.03. The molecule has 1 fully saturated rings. The summed E-state index contributed by atoms with van der Waals surface area (Å²) in [6.07, 6.45) is 5.89. The Bertz CT molecular complexity index is 268. The Labute approximate surface area is 93.6 Å². The first-order valence-corrected chi connectivity index (χ1v) is 7.66. The van der Waals surface area contributed by atoms with Crippen molar-refractivity contribution in [3.05, 3.63) is 0 Å². The maximum atomic E-state index is 12.0. The van der Waals surface area contributed by atoms with Crippen molar-refractivity contribution in [2.45, 2.75) is 56.7 Å². The zero-order chi connectivity index (χ0) is 11.3. The number of hydrogen-bond acceptors (Lipinski definition) is 3. The van der Waals surface area contributed by atoms with Crippen LogP contribution < -0.4 is 5.32 Å². The lowest BCUT2D eigenvalue weighted by molar-refractivity contribution is 0.480. The van der Waals surface area contributed by atoms with Crippen molar-refractivity contribution in [3.8, 4) is 0 Å². The molecule has 0 spiro atoms. The Morgan fingerprint density at radius 2 is 1.87 bits per heavy atom. The van der Waals surface area contributed by atoms with Gasteiger partial charge < -0.3 is 5.32 Å². The monoisotopic (exact) mass is 233 g/mol. The van der Waals surface area contributed by atoms with Crippen LogP contribution in [0.3, 0.4) is 0 Å². The SMILES string of the molecule is CNC(C)CCS(=O)(=O)C1CCCCC1. The molecule has 0 amide bonds. The van der Waals surface area contributed by atoms with Crippen molar-refractivity contribution in [2.24, 2.45) is 0 Å². The van der Waals surface area contributed by atoms with Crippen molar-refractivity contribution in [3.63, 3.8) is 0 Å². The van der Waals surface area contributed by atoms with Crippen LogP contribution in [0, 0.1) is 0 Å². The summed E-state index contributed by atoms with van der Waals surface area (Å²) in [7, 11) is -0.956. The summed E-state index contributed by atoms with van der Waals surface area (Å²) in [6.45, 7) is 2.02. The summed E-state index contributed by atoms with van der Waals surface area (Å²) in [5.41, 5.74) is 0. The molecule has 0 radical (unpaired) electrons. The standard InChI is InChI=1S/C11H23NO2S/c1-10(12-2)8-9-15(13,14)11-6-4-3-5-7-11/h10-12H,3-9H2,1-2H3. The van der Waals surface area contributed by atoms with Gasteiger partial charge >= 0.3 is 0 Å². The normalized spacial score (nSPS) is 21.5. The van der Waals surface area contributed by atoms with Crippen LogP contribution in [-0.4, -0.2) is 32.5 Å². The van der Waals surface area contributed by atoms with Gasteiger partial charge in [-0.3, -0.25) is 0 Å². The molecular weight excluding hydrogens is 210 g/mol. The molecule has 15 heavy (non-hydrogen) atoms. The predicted octanol–water partition coefficient (Wildman–Crippen LogP) is 1.73. The fraction of sp³-hybridized carbons (Fsp3) is 1.00. The first-order chi connectivity index (χ1) is 7.06. The van der Waals surface area contributed by atoms with Gasteiger partial charge in [0.05, 0.1) is 11.0 Å². The van der Waals surface area contributed by atoms with Gasteiger partial charge in [-0.2, -0.15) is 0 Å². The molecular formula is C11H23NO2S. The molecule has 0 aromatic carbocycles. The zero-order valence-corrected chi connectivity index (χ0v) is 10.6. The van der Waals surface area contributed by atoms with Crippen LogP contribution >= 0.6 is 0 Å². The lowest BCUT2D eigenvalue weighted by Gasteiger charge is -2.22. The molecule has 1 saturated carbocycles. The lowest BCUT2D eigenvalue weighted by atomic mass is 10.0. The molecule has 0 heterocycles. The highest BCUT2D eigenvalue weighted by Crippen LogP contribution is 2.24. The van der Waals surface area contributed by atoms with E-state index in [1.165, 1.54) is 6.42 Å². The van der Waals surface area contributed by atoms with E-state index in [4.69, 9.17) is 0 Å². The molecule has 1 aliphatic rings. The summed E-state index contributed by atoms with van der Waals surface area (Å²) >= 11 is 0. The Morgan fingerprint density at radius 1 is 1.27 bits per heavy atom. The molecule has 4 heteroatoms. The van der Waals surface area contributed by atoms with Gasteiger partial charge in [-0.15, -0.1) is 0 Å². The van der Waals surface area contributed by atoms with E-state index in [-0.39, 0.29) is 5.25 Å². The van der Waals surface area contributed by atoms with Crippen LogP contribution in [0.1, 0.15) is 45.4 Å². The molecule has 0 aliphatic heterocycles. The van der Waals surface area contributed by atoms with E-state index in [1.54, 1.807) is 0 Å². The maximum absolute atomic E-state index is 12.0. The van der Waals surface area contributed by atoms with Crippen molar-refractivity contribution >= 4 is 9.84 Å². The summed E-state index contributed by atoms with van der Waals surface area (Å²) < 4.78 is 24.0. The maximum Gasteiger partial charge on any atom is 0.153 e. The van der Waals surface area contributed by atoms with Gasteiger partial charge in [0.15, 0.2) is 9.84 Å². The van der Waals surface area contributed by atoms with E-state index in [2.05, 4.69) is 5.32 Å². The molecule has 1 aliphatic carbocycles. The first-order valence-electron chi connectivity index (χ1n) is 5.95. The van der Waals surface area contributed by atoms with Gasteiger partial charge in [0.2, 0.25) is 0 Å². The molecule has 0 saturated heterocycles. The summed E-state index contributed by atoms with van der Waals surface area (Å²) in [5.74, 6) is 0.347. The second-order valence-electron chi connectivity index (χ2n) is 4.61. The van der Waals surface area contributed by atoms with E-state index in [0.29, 0.717) is 11.8 Å². The number of sulfone groups is 1. The van der Waals surface area contributed by atoms with Crippen LogP contribution in [0.25, 0.3) is 0 Å². The molecule has 1 N–H and O–H groups in total. The van der Waals surface area contributed by atoms with Gasteiger partial charge in [-0.1, -0.05) is 19.3 Å². The van der Waals surface area contributed by atoms with Gasteiger partial charge in [0, 0.05) is 6.04 Å². The number of hydrogen-bond donors (Lipinski definition) is 1. The molecule has 1 rings (SSSR count). The third-order valence-corrected chi connectivity index (χ3v) is 5.68. The zero-order valence-electron chi connectivity index (χ0n) is 9.83. The predicted molar refractivity (Wildman–Crippen MR) is 63.8 cm³/mol. The Morgan fingerprint density at radius 3 is 2.40 bits per heavy atom. The Balaban J connectivity index is 2.43. The minimum Gasteiger partial charge on any atom is -0.317 e. The Hall–Kier alpha value is -0.0900. The van der Waals surface area contributed by atoms with Crippen molar-refractivity contribution < 1.29 is 8.42 Å². The second kappa shape index (κ2) is 5.85. The van der Waals surface area contributed by atoms with Crippen LogP contribution in [-0.2, 0) is 9.84 Å². The molecule has 1 unspecified atom stereocenters. The second-order valence-corrected chi connectivity index (χ2v) is 7.01. The molecule has 0 bridgehead atoms. The topological polar surface area (TPSA) is 46.2 Å². The smallest absolute Gasteiger partial charge is 0.153 e. The number of rotatable bonds is 5. The first kappa shape index (κ1) is 13.0. The summed E-state index contributed by atoms with van der Waals surface area (Å²) in [4.78, 5) is 0. The average molecular weight is 233 g/mol. The van der Waals surface area contributed by atoms with E-state index in [9.17, 15) is 8.42 Å². The van der Waals surface area contributed by atoms with Crippen molar-refractivity contribution in [2.75, 3.05) is 12.8 Å². The van der Waals surface area contributed by atoms with E-state index < -0.39 is 9.84 Å². The van der Waals surface area contributed by atoms with E-state index in [0.717, 1.165) is 32.1 Å². The van der Waals surface area contributed by atoms with Crippen molar-refractivity contribution in [1.29, 1.82) is 0 Å². The molecule has 3 nitrogen and oxygen atoms in total. The molecule has 0 aromatic rings. The van der Waals surface area contributed by atoms with Crippen LogP contribution in [0.15, 0.2) is 0 Å². The highest BCUT2D eigenvalue weighted by molar-refractivity contribution is 7.92. The van der Waals surface area contributed by atoms with E-state index in [1.807, 2.05) is 14.0 Å². The Kier molecular flexibility index (Phi) is 5.06. The highest BCUT2D eigenvalue weighted by Gasteiger charge is 2.26. The average Bonchev–Trinajstić information content (AvgIpc) is 2.27. The largest absolute Gasteiger partial charge is 0.317 e.